The van der Waals surface area contributed by atoms with Gasteiger partial charge in [0, 0.05) is 24.3 Å². The standard InChI is InChI=1S/C17H24N2O3/c1-12(13-9-18-10-13)17(20)19-14-4-2-5-15(8-14)22-11-16-6-3-7-21-16/h2,4-5,8,12-13,16,18H,3,6-7,9-11H2,1H3,(H,19,20). The molecule has 5 heteroatoms. The first-order valence-corrected chi connectivity index (χ1v) is 8.08. The topological polar surface area (TPSA) is 59.6 Å². The van der Waals surface area contributed by atoms with E-state index in [9.17, 15) is 4.79 Å². The third-order valence-electron chi connectivity index (χ3n) is 4.50. The number of anilines is 1. The Balaban J connectivity index is 1.52. The van der Waals surface area contributed by atoms with Crippen LogP contribution >= 0.6 is 0 Å². The van der Waals surface area contributed by atoms with Crippen LogP contribution in [-0.4, -0.2) is 38.3 Å². The lowest BCUT2D eigenvalue weighted by Crippen LogP contribution is -2.48. The lowest BCUT2D eigenvalue weighted by atomic mass is 9.88. The maximum Gasteiger partial charge on any atom is 0.227 e. The molecule has 0 spiro atoms. The van der Waals surface area contributed by atoms with E-state index in [2.05, 4.69) is 10.6 Å². The number of ether oxygens (including phenoxy) is 2. The molecule has 0 saturated carbocycles. The summed E-state index contributed by atoms with van der Waals surface area (Å²) >= 11 is 0. The van der Waals surface area contributed by atoms with Crippen molar-refractivity contribution in [3.05, 3.63) is 24.3 Å². The Morgan fingerprint density at radius 2 is 2.36 bits per heavy atom. The molecule has 2 heterocycles. The highest BCUT2D eigenvalue weighted by atomic mass is 16.5. The molecule has 22 heavy (non-hydrogen) atoms. The normalized spacial score (nSPS) is 22.9. The summed E-state index contributed by atoms with van der Waals surface area (Å²) in [5.41, 5.74) is 0.786. The maximum atomic E-state index is 12.2. The zero-order chi connectivity index (χ0) is 15.4. The van der Waals surface area contributed by atoms with E-state index in [-0.39, 0.29) is 17.9 Å². The molecule has 120 valence electrons. The molecule has 2 saturated heterocycles. The molecule has 3 rings (SSSR count). The highest BCUT2D eigenvalue weighted by Gasteiger charge is 2.28. The first kappa shape index (κ1) is 15.3. The summed E-state index contributed by atoms with van der Waals surface area (Å²) in [6.07, 6.45) is 2.37. The van der Waals surface area contributed by atoms with Crippen LogP contribution in [0.5, 0.6) is 5.75 Å². The lowest BCUT2D eigenvalue weighted by molar-refractivity contribution is -0.121. The molecular weight excluding hydrogens is 280 g/mol. The summed E-state index contributed by atoms with van der Waals surface area (Å²) in [7, 11) is 0. The van der Waals surface area contributed by atoms with Crippen LogP contribution in [0, 0.1) is 11.8 Å². The zero-order valence-corrected chi connectivity index (χ0v) is 13.0. The fourth-order valence-corrected chi connectivity index (χ4v) is 2.76. The second kappa shape index (κ2) is 7.11. The largest absolute Gasteiger partial charge is 0.491 e. The van der Waals surface area contributed by atoms with E-state index < -0.39 is 0 Å². The molecule has 1 amide bonds. The summed E-state index contributed by atoms with van der Waals surface area (Å²) in [4.78, 5) is 12.2. The van der Waals surface area contributed by atoms with Crippen LogP contribution in [0.4, 0.5) is 5.69 Å². The van der Waals surface area contributed by atoms with Crippen molar-refractivity contribution in [1.82, 2.24) is 5.32 Å². The zero-order valence-electron chi connectivity index (χ0n) is 13.0. The second-order valence-electron chi connectivity index (χ2n) is 6.17. The third-order valence-corrected chi connectivity index (χ3v) is 4.50. The van der Waals surface area contributed by atoms with Gasteiger partial charge < -0.3 is 20.1 Å². The van der Waals surface area contributed by atoms with Crippen LogP contribution < -0.4 is 15.4 Å². The summed E-state index contributed by atoms with van der Waals surface area (Å²) in [6.45, 7) is 5.25. The monoisotopic (exact) mass is 304 g/mol. The van der Waals surface area contributed by atoms with E-state index in [0.717, 1.165) is 44.0 Å². The number of hydrogen-bond donors (Lipinski definition) is 2. The Kier molecular flexibility index (Phi) is 4.95. The first-order valence-electron chi connectivity index (χ1n) is 8.08. The molecule has 0 radical (unpaired) electrons. The average molecular weight is 304 g/mol. The van der Waals surface area contributed by atoms with Crippen molar-refractivity contribution in [2.75, 3.05) is 31.6 Å². The van der Waals surface area contributed by atoms with Crippen molar-refractivity contribution in [2.24, 2.45) is 11.8 Å². The quantitative estimate of drug-likeness (QED) is 0.844. The summed E-state index contributed by atoms with van der Waals surface area (Å²) in [6, 6.07) is 7.57. The van der Waals surface area contributed by atoms with Gasteiger partial charge in [-0.15, -0.1) is 0 Å². The van der Waals surface area contributed by atoms with Gasteiger partial charge in [-0.3, -0.25) is 4.79 Å². The number of carbonyl (C=O) groups is 1. The van der Waals surface area contributed by atoms with Gasteiger partial charge in [-0.25, -0.2) is 0 Å². The Labute approximate surface area is 131 Å². The third kappa shape index (κ3) is 3.78. The van der Waals surface area contributed by atoms with Crippen molar-refractivity contribution >= 4 is 11.6 Å². The predicted octanol–water partition coefficient (Wildman–Crippen LogP) is 2.04. The highest BCUT2D eigenvalue weighted by Crippen LogP contribution is 2.22. The van der Waals surface area contributed by atoms with E-state index in [4.69, 9.17) is 9.47 Å². The first-order chi connectivity index (χ1) is 10.7. The van der Waals surface area contributed by atoms with Crippen molar-refractivity contribution in [2.45, 2.75) is 25.9 Å². The highest BCUT2D eigenvalue weighted by molar-refractivity contribution is 5.92. The lowest BCUT2D eigenvalue weighted by Gasteiger charge is -2.31. The molecule has 5 nitrogen and oxygen atoms in total. The van der Waals surface area contributed by atoms with E-state index in [1.54, 1.807) is 0 Å². The molecule has 0 aliphatic carbocycles. The van der Waals surface area contributed by atoms with Gasteiger partial charge >= 0.3 is 0 Å². The minimum absolute atomic E-state index is 0.0257. The van der Waals surface area contributed by atoms with E-state index in [1.807, 2.05) is 31.2 Å². The van der Waals surface area contributed by atoms with E-state index in [1.165, 1.54) is 0 Å². The smallest absolute Gasteiger partial charge is 0.227 e. The molecule has 0 bridgehead atoms. The second-order valence-corrected chi connectivity index (χ2v) is 6.17. The van der Waals surface area contributed by atoms with Crippen LogP contribution in [0.1, 0.15) is 19.8 Å². The molecule has 2 atom stereocenters. The molecule has 2 fully saturated rings. The Morgan fingerprint density at radius 3 is 3.05 bits per heavy atom. The van der Waals surface area contributed by atoms with E-state index >= 15 is 0 Å². The van der Waals surface area contributed by atoms with Crippen molar-refractivity contribution < 1.29 is 14.3 Å². The van der Waals surface area contributed by atoms with Crippen molar-refractivity contribution in [1.29, 1.82) is 0 Å². The molecule has 1 aromatic rings. The van der Waals surface area contributed by atoms with Gasteiger partial charge in [-0.2, -0.15) is 0 Å². The van der Waals surface area contributed by atoms with Gasteiger partial charge in [0.1, 0.15) is 12.4 Å². The fourth-order valence-electron chi connectivity index (χ4n) is 2.76. The average Bonchev–Trinajstić information content (AvgIpc) is 2.97. The van der Waals surface area contributed by atoms with Crippen molar-refractivity contribution in [3.63, 3.8) is 0 Å². The summed E-state index contributed by atoms with van der Waals surface area (Å²) in [5, 5.41) is 6.18. The Bertz CT molecular complexity index is 510. The summed E-state index contributed by atoms with van der Waals surface area (Å²) in [5.74, 6) is 1.31. The number of hydrogen-bond acceptors (Lipinski definition) is 4. The van der Waals surface area contributed by atoms with Crippen molar-refractivity contribution in [3.8, 4) is 5.75 Å². The Hall–Kier alpha value is -1.59. The van der Waals surface area contributed by atoms with Crippen LogP contribution in [0.25, 0.3) is 0 Å². The van der Waals surface area contributed by atoms with Crippen LogP contribution in [0.3, 0.4) is 0 Å². The number of carbonyl (C=O) groups excluding carboxylic acids is 1. The predicted molar refractivity (Wildman–Crippen MR) is 85.1 cm³/mol. The van der Waals surface area contributed by atoms with Crippen LogP contribution in [0.2, 0.25) is 0 Å². The van der Waals surface area contributed by atoms with Gasteiger partial charge in [-0.1, -0.05) is 13.0 Å². The molecule has 2 N–H and O–H groups in total. The minimum atomic E-state index is 0.0257. The van der Waals surface area contributed by atoms with Crippen LogP contribution in [0.15, 0.2) is 24.3 Å². The number of amides is 1. The maximum absolute atomic E-state index is 12.2. The number of benzene rings is 1. The molecule has 1 aromatic carbocycles. The van der Waals surface area contributed by atoms with E-state index in [0.29, 0.717) is 12.5 Å². The summed E-state index contributed by atoms with van der Waals surface area (Å²) < 4.78 is 11.3. The minimum Gasteiger partial charge on any atom is -0.491 e. The Morgan fingerprint density at radius 1 is 1.50 bits per heavy atom. The molecule has 2 aliphatic heterocycles. The number of nitrogens with one attached hydrogen (secondary N) is 2. The van der Waals surface area contributed by atoms with Gasteiger partial charge in [-0.05, 0) is 44.0 Å². The van der Waals surface area contributed by atoms with Gasteiger partial charge in [0.05, 0.1) is 6.10 Å². The molecule has 0 aromatic heterocycles. The number of rotatable bonds is 6. The molecule has 2 unspecified atom stereocenters. The van der Waals surface area contributed by atoms with Gasteiger partial charge in [0.25, 0.3) is 0 Å². The van der Waals surface area contributed by atoms with Gasteiger partial charge in [0.2, 0.25) is 5.91 Å². The molecular formula is C17H24N2O3. The fraction of sp³-hybridized carbons (Fsp3) is 0.588. The molecule has 2 aliphatic rings. The van der Waals surface area contributed by atoms with Gasteiger partial charge in [0.15, 0.2) is 0 Å². The van der Waals surface area contributed by atoms with Crippen LogP contribution in [-0.2, 0) is 9.53 Å². The SMILES string of the molecule is CC(C(=O)Nc1cccc(OCC2CCCO2)c1)C1CNC1.